The Hall–Kier alpha value is -1.88. The summed E-state index contributed by atoms with van der Waals surface area (Å²) in [5, 5.41) is -0.307. The van der Waals surface area contributed by atoms with Crippen molar-refractivity contribution in [1.29, 1.82) is 0 Å². The van der Waals surface area contributed by atoms with Crippen LogP contribution < -0.4 is 9.47 Å². The summed E-state index contributed by atoms with van der Waals surface area (Å²) in [6.45, 7) is 4.70. The number of rotatable bonds is 10. The summed E-state index contributed by atoms with van der Waals surface area (Å²) >= 11 is 6.05. The molecule has 0 atom stereocenters. The molecule has 0 aliphatic heterocycles. The molecule has 0 bridgehead atoms. The van der Waals surface area contributed by atoms with Crippen molar-refractivity contribution >= 4 is 11.6 Å². The van der Waals surface area contributed by atoms with E-state index in [4.69, 9.17) is 21.1 Å². The van der Waals surface area contributed by atoms with Gasteiger partial charge in [-0.05, 0) is 37.1 Å². The molecule has 2 rings (SSSR count). The third-order valence-electron chi connectivity index (χ3n) is 4.14. The second-order valence-electron chi connectivity index (χ2n) is 6.24. The zero-order valence-electron chi connectivity index (χ0n) is 15.6. The molecule has 148 valence electrons. The lowest BCUT2D eigenvalue weighted by Gasteiger charge is -2.13. The van der Waals surface area contributed by atoms with E-state index >= 15 is 0 Å². The molecular formula is C21H24ClF3O2. The third-order valence-corrected chi connectivity index (χ3v) is 4.51. The molecule has 0 aromatic heterocycles. The first-order chi connectivity index (χ1) is 13.0. The third kappa shape index (κ3) is 5.32. The van der Waals surface area contributed by atoms with Gasteiger partial charge in [-0.1, -0.05) is 44.7 Å². The van der Waals surface area contributed by atoms with E-state index in [9.17, 15) is 13.2 Å². The van der Waals surface area contributed by atoms with Gasteiger partial charge in [0.05, 0.1) is 18.2 Å². The molecule has 2 aromatic carbocycles. The number of ether oxygens (including phenoxy) is 2. The first-order valence-electron chi connectivity index (χ1n) is 9.23. The molecule has 27 heavy (non-hydrogen) atoms. The van der Waals surface area contributed by atoms with Crippen LogP contribution in [0.3, 0.4) is 0 Å². The molecule has 2 aromatic rings. The minimum Gasteiger partial charge on any atom is -0.490 e. The van der Waals surface area contributed by atoms with Crippen LogP contribution in [0.2, 0.25) is 5.02 Å². The lowest BCUT2D eigenvalue weighted by molar-refractivity contribution is 0.286. The fraction of sp³-hybridized carbons (Fsp3) is 0.429. The maximum atomic E-state index is 14.5. The van der Waals surface area contributed by atoms with Crippen LogP contribution in [-0.4, -0.2) is 13.2 Å². The zero-order valence-corrected chi connectivity index (χ0v) is 16.3. The standard InChI is InChI=1S/C21H24ClF3O2/c1-3-5-7-13-27-17-11-9-15(19(23)21(17)25)14-8-10-16(20(24)18(14)22)26-12-6-4-2/h8-11H,3-7,12-13H2,1-2H3. The lowest BCUT2D eigenvalue weighted by atomic mass is 10.0. The monoisotopic (exact) mass is 400 g/mol. The van der Waals surface area contributed by atoms with Crippen LogP contribution in [0.4, 0.5) is 13.2 Å². The van der Waals surface area contributed by atoms with Crippen molar-refractivity contribution in [2.45, 2.75) is 46.0 Å². The van der Waals surface area contributed by atoms with E-state index in [2.05, 4.69) is 0 Å². The fourth-order valence-electron chi connectivity index (χ4n) is 2.56. The van der Waals surface area contributed by atoms with Gasteiger partial charge in [0, 0.05) is 11.1 Å². The fourth-order valence-corrected chi connectivity index (χ4v) is 2.82. The van der Waals surface area contributed by atoms with Gasteiger partial charge in [-0.2, -0.15) is 4.39 Å². The molecule has 0 aliphatic carbocycles. The van der Waals surface area contributed by atoms with Crippen LogP contribution in [0.1, 0.15) is 46.0 Å². The maximum absolute atomic E-state index is 14.5. The molecule has 0 fully saturated rings. The summed E-state index contributed by atoms with van der Waals surface area (Å²) in [5.41, 5.74) is -0.0663. The number of unbranched alkanes of at least 4 members (excludes halogenated alkanes) is 3. The van der Waals surface area contributed by atoms with Crippen LogP contribution in [0, 0.1) is 17.5 Å². The van der Waals surface area contributed by atoms with Crippen molar-refractivity contribution < 1.29 is 22.6 Å². The van der Waals surface area contributed by atoms with Gasteiger partial charge in [0.1, 0.15) is 0 Å². The van der Waals surface area contributed by atoms with Gasteiger partial charge in [-0.15, -0.1) is 0 Å². The highest BCUT2D eigenvalue weighted by Gasteiger charge is 2.20. The van der Waals surface area contributed by atoms with Crippen molar-refractivity contribution in [1.82, 2.24) is 0 Å². The summed E-state index contributed by atoms with van der Waals surface area (Å²) in [7, 11) is 0. The average Bonchev–Trinajstić information content (AvgIpc) is 2.66. The Morgan fingerprint density at radius 3 is 1.89 bits per heavy atom. The van der Waals surface area contributed by atoms with Crippen molar-refractivity contribution in [3.63, 3.8) is 0 Å². The summed E-state index contributed by atoms with van der Waals surface area (Å²) in [6, 6.07) is 5.47. The first kappa shape index (κ1) is 21.4. The average molecular weight is 401 g/mol. The maximum Gasteiger partial charge on any atom is 0.201 e. The number of halogens is 4. The van der Waals surface area contributed by atoms with Gasteiger partial charge in [0.15, 0.2) is 23.1 Å². The van der Waals surface area contributed by atoms with Gasteiger partial charge in [-0.3, -0.25) is 0 Å². The molecule has 0 unspecified atom stereocenters. The Morgan fingerprint density at radius 1 is 0.704 bits per heavy atom. The van der Waals surface area contributed by atoms with Crippen LogP contribution in [0.5, 0.6) is 11.5 Å². The number of hydrogen-bond donors (Lipinski definition) is 0. The van der Waals surface area contributed by atoms with Crippen molar-refractivity contribution in [3.05, 3.63) is 46.7 Å². The SMILES string of the molecule is CCCCCOc1ccc(-c2ccc(OCCCC)c(F)c2Cl)c(F)c1F. The van der Waals surface area contributed by atoms with Crippen LogP contribution in [0.25, 0.3) is 11.1 Å². The molecule has 6 heteroatoms. The van der Waals surface area contributed by atoms with E-state index in [1.807, 2.05) is 13.8 Å². The van der Waals surface area contributed by atoms with Gasteiger partial charge >= 0.3 is 0 Å². The Kier molecular flexibility index (Phi) is 8.29. The van der Waals surface area contributed by atoms with Crippen LogP contribution in [-0.2, 0) is 0 Å². The largest absolute Gasteiger partial charge is 0.490 e. The van der Waals surface area contributed by atoms with Gasteiger partial charge in [0.25, 0.3) is 0 Å². The van der Waals surface area contributed by atoms with E-state index in [-0.39, 0.29) is 27.6 Å². The second kappa shape index (κ2) is 10.5. The minimum atomic E-state index is -1.12. The Bertz CT molecular complexity index is 766. The molecular weight excluding hydrogens is 377 g/mol. The lowest BCUT2D eigenvalue weighted by Crippen LogP contribution is -2.02. The van der Waals surface area contributed by atoms with E-state index in [1.54, 1.807) is 0 Å². The van der Waals surface area contributed by atoms with E-state index < -0.39 is 17.5 Å². The molecule has 0 heterocycles. The predicted molar refractivity (Wildman–Crippen MR) is 102 cm³/mol. The molecule has 0 saturated heterocycles. The highest BCUT2D eigenvalue weighted by Crippen LogP contribution is 2.38. The molecule has 0 radical (unpaired) electrons. The second-order valence-corrected chi connectivity index (χ2v) is 6.61. The zero-order chi connectivity index (χ0) is 19.8. The highest BCUT2D eigenvalue weighted by molar-refractivity contribution is 6.33. The van der Waals surface area contributed by atoms with E-state index in [0.29, 0.717) is 13.2 Å². The summed E-state index contributed by atoms with van der Waals surface area (Å²) < 4.78 is 53.9. The summed E-state index contributed by atoms with van der Waals surface area (Å²) in [6.07, 6.45) is 4.39. The quantitative estimate of drug-likeness (QED) is 0.393. The van der Waals surface area contributed by atoms with Crippen LogP contribution in [0.15, 0.2) is 24.3 Å². The smallest absolute Gasteiger partial charge is 0.201 e. The van der Waals surface area contributed by atoms with Gasteiger partial charge in [-0.25, -0.2) is 8.78 Å². The Labute approximate surface area is 163 Å². The highest BCUT2D eigenvalue weighted by atomic mass is 35.5. The topological polar surface area (TPSA) is 18.5 Å². The van der Waals surface area contributed by atoms with Crippen molar-refractivity contribution in [3.8, 4) is 22.6 Å². The molecule has 0 spiro atoms. The van der Waals surface area contributed by atoms with Crippen molar-refractivity contribution in [2.24, 2.45) is 0 Å². The van der Waals surface area contributed by atoms with Gasteiger partial charge < -0.3 is 9.47 Å². The first-order valence-corrected chi connectivity index (χ1v) is 9.61. The molecule has 0 amide bonds. The van der Waals surface area contributed by atoms with Crippen LogP contribution >= 0.6 is 11.6 Å². The Morgan fingerprint density at radius 2 is 1.26 bits per heavy atom. The Balaban J connectivity index is 2.25. The predicted octanol–water partition coefficient (Wildman–Crippen LogP) is 7.17. The number of benzene rings is 2. The normalized spacial score (nSPS) is 10.9. The minimum absolute atomic E-state index is 0.00559. The molecule has 0 N–H and O–H groups in total. The molecule has 2 nitrogen and oxygen atoms in total. The van der Waals surface area contributed by atoms with E-state index in [1.165, 1.54) is 24.3 Å². The summed E-state index contributed by atoms with van der Waals surface area (Å²) in [5.74, 6) is -3.19. The van der Waals surface area contributed by atoms with Gasteiger partial charge in [0.2, 0.25) is 5.82 Å². The van der Waals surface area contributed by atoms with E-state index in [0.717, 1.165) is 32.1 Å². The van der Waals surface area contributed by atoms with Crippen molar-refractivity contribution in [2.75, 3.05) is 13.2 Å². The molecule has 0 aliphatic rings. The summed E-state index contributed by atoms with van der Waals surface area (Å²) in [4.78, 5) is 0. The molecule has 0 saturated carbocycles. The number of hydrogen-bond acceptors (Lipinski definition) is 2.